The first kappa shape index (κ1) is 10.4. The summed E-state index contributed by atoms with van der Waals surface area (Å²) in [5, 5.41) is 1.04. The van der Waals surface area contributed by atoms with E-state index in [1.807, 2.05) is 18.2 Å². The van der Waals surface area contributed by atoms with Gasteiger partial charge in [0.1, 0.15) is 5.82 Å². The number of aromatic nitrogens is 1. The van der Waals surface area contributed by atoms with Gasteiger partial charge in [-0.2, -0.15) is 0 Å². The first-order chi connectivity index (χ1) is 6.33. The summed E-state index contributed by atoms with van der Waals surface area (Å²) in [6.45, 7) is 2.21. The molecule has 0 amide bonds. The minimum absolute atomic E-state index is 0.612. The van der Waals surface area contributed by atoms with E-state index in [-0.39, 0.29) is 0 Å². The summed E-state index contributed by atoms with van der Waals surface area (Å²) in [5.74, 6) is 1.75. The maximum absolute atomic E-state index is 5.56. The molecule has 1 aromatic heterocycles. The Morgan fingerprint density at radius 1 is 1.38 bits per heavy atom. The Hall–Kier alpha value is -0.700. The Bertz CT molecular complexity index is 250. The Morgan fingerprint density at radius 2 is 2.23 bits per heavy atom. The molecule has 0 saturated heterocycles. The van der Waals surface area contributed by atoms with Crippen LogP contribution in [-0.4, -0.2) is 10.7 Å². The van der Waals surface area contributed by atoms with Crippen molar-refractivity contribution in [1.82, 2.24) is 4.98 Å². The molecule has 2 nitrogen and oxygen atoms in total. The monoisotopic (exact) mass is 196 g/mol. The van der Waals surface area contributed by atoms with Crippen LogP contribution in [0.15, 0.2) is 23.2 Å². The van der Waals surface area contributed by atoms with Crippen molar-refractivity contribution in [3.63, 3.8) is 0 Å². The lowest BCUT2D eigenvalue weighted by Crippen LogP contribution is -1.90. The third-order valence-corrected chi connectivity index (χ3v) is 2.76. The largest absolute Gasteiger partial charge is 0.384 e. The second-order valence-electron chi connectivity index (χ2n) is 2.96. The lowest BCUT2D eigenvalue weighted by Gasteiger charge is -2.00. The molecule has 0 fully saturated rings. The molecule has 0 radical (unpaired) electrons. The van der Waals surface area contributed by atoms with Crippen LogP contribution in [0.3, 0.4) is 0 Å². The van der Waals surface area contributed by atoms with E-state index in [1.54, 1.807) is 11.8 Å². The van der Waals surface area contributed by atoms with Gasteiger partial charge < -0.3 is 5.73 Å². The fourth-order valence-corrected chi connectivity index (χ4v) is 1.94. The van der Waals surface area contributed by atoms with Crippen LogP contribution in [0.25, 0.3) is 0 Å². The van der Waals surface area contributed by atoms with Gasteiger partial charge in [0.15, 0.2) is 0 Å². The van der Waals surface area contributed by atoms with E-state index >= 15 is 0 Å². The van der Waals surface area contributed by atoms with Crippen LogP contribution in [0, 0.1) is 0 Å². The molecule has 0 unspecified atom stereocenters. The maximum atomic E-state index is 5.56. The quantitative estimate of drug-likeness (QED) is 0.581. The summed E-state index contributed by atoms with van der Waals surface area (Å²) < 4.78 is 0. The summed E-state index contributed by atoms with van der Waals surface area (Å²) in [7, 11) is 0. The van der Waals surface area contributed by atoms with E-state index in [2.05, 4.69) is 11.9 Å². The molecule has 1 heterocycles. The fourth-order valence-electron chi connectivity index (χ4n) is 1.04. The number of unbranched alkanes of at least 4 members (excludes halogenated alkanes) is 2. The van der Waals surface area contributed by atoms with E-state index in [0.29, 0.717) is 5.82 Å². The highest BCUT2D eigenvalue weighted by Crippen LogP contribution is 2.17. The topological polar surface area (TPSA) is 38.9 Å². The van der Waals surface area contributed by atoms with Crippen LogP contribution in [-0.2, 0) is 0 Å². The molecule has 0 atom stereocenters. The van der Waals surface area contributed by atoms with Crippen LogP contribution in [0.2, 0.25) is 0 Å². The molecule has 0 aliphatic carbocycles. The van der Waals surface area contributed by atoms with Gasteiger partial charge in [0.25, 0.3) is 0 Å². The number of hydrogen-bond acceptors (Lipinski definition) is 3. The lowest BCUT2D eigenvalue weighted by molar-refractivity contribution is 0.778. The number of nitrogen functional groups attached to an aromatic ring is 1. The first-order valence-electron chi connectivity index (χ1n) is 4.68. The van der Waals surface area contributed by atoms with Crippen LogP contribution in [0.5, 0.6) is 0 Å². The molecule has 1 aromatic rings. The second kappa shape index (κ2) is 5.86. The van der Waals surface area contributed by atoms with Gasteiger partial charge in [-0.05, 0) is 24.3 Å². The summed E-state index contributed by atoms with van der Waals surface area (Å²) in [6, 6.07) is 5.77. The third kappa shape index (κ3) is 4.18. The number of nitrogens with two attached hydrogens (primary N) is 1. The highest BCUT2D eigenvalue weighted by Gasteiger charge is 1.95. The van der Waals surface area contributed by atoms with Crippen LogP contribution >= 0.6 is 11.8 Å². The predicted molar refractivity (Wildman–Crippen MR) is 58.9 cm³/mol. The van der Waals surface area contributed by atoms with Crippen molar-refractivity contribution < 1.29 is 0 Å². The molecule has 0 aliphatic heterocycles. The molecule has 72 valence electrons. The molecule has 0 aliphatic rings. The van der Waals surface area contributed by atoms with Crippen molar-refractivity contribution in [3.05, 3.63) is 18.2 Å². The summed E-state index contributed by atoms with van der Waals surface area (Å²) in [5.41, 5.74) is 5.56. The van der Waals surface area contributed by atoms with E-state index in [9.17, 15) is 0 Å². The van der Waals surface area contributed by atoms with E-state index in [1.165, 1.54) is 19.3 Å². The van der Waals surface area contributed by atoms with Crippen LogP contribution < -0.4 is 5.73 Å². The maximum Gasteiger partial charge on any atom is 0.124 e. The molecule has 1 rings (SSSR count). The van der Waals surface area contributed by atoms with Crippen molar-refractivity contribution in [2.24, 2.45) is 0 Å². The molecular formula is C10H16N2S. The van der Waals surface area contributed by atoms with E-state index < -0.39 is 0 Å². The number of hydrogen-bond donors (Lipinski definition) is 1. The third-order valence-electron chi connectivity index (χ3n) is 1.74. The molecule has 0 bridgehead atoms. The predicted octanol–water partition coefficient (Wildman–Crippen LogP) is 2.95. The molecule has 2 N–H and O–H groups in total. The number of nitrogens with zero attached hydrogens (tertiary/aromatic N) is 1. The van der Waals surface area contributed by atoms with Gasteiger partial charge in [-0.25, -0.2) is 4.98 Å². The van der Waals surface area contributed by atoms with E-state index in [0.717, 1.165) is 10.8 Å². The second-order valence-corrected chi connectivity index (χ2v) is 4.07. The van der Waals surface area contributed by atoms with Gasteiger partial charge in [0.05, 0.1) is 5.03 Å². The highest BCUT2D eigenvalue weighted by atomic mass is 32.2. The molecule has 3 heteroatoms. The van der Waals surface area contributed by atoms with Gasteiger partial charge in [-0.3, -0.25) is 0 Å². The minimum Gasteiger partial charge on any atom is -0.384 e. The number of anilines is 1. The average Bonchev–Trinajstić information content (AvgIpc) is 2.13. The van der Waals surface area contributed by atoms with Crippen molar-refractivity contribution in [2.45, 2.75) is 31.2 Å². The van der Waals surface area contributed by atoms with Crippen molar-refractivity contribution in [1.29, 1.82) is 0 Å². The van der Waals surface area contributed by atoms with Crippen LogP contribution in [0.1, 0.15) is 26.2 Å². The average molecular weight is 196 g/mol. The Labute approximate surface area is 83.9 Å². The Kier molecular flexibility index (Phi) is 4.68. The lowest BCUT2D eigenvalue weighted by atomic mass is 10.3. The van der Waals surface area contributed by atoms with Gasteiger partial charge in [0, 0.05) is 0 Å². The van der Waals surface area contributed by atoms with Gasteiger partial charge in [-0.1, -0.05) is 25.8 Å². The van der Waals surface area contributed by atoms with Gasteiger partial charge >= 0.3 is 0 Å². The standard InChI is InChI=1S/C10H16N2S/c1-2-3-4-8-13-10-7-5-6-9(11)12-10/h5-7H,2-4,8H2,1H3,(H2,11,12). The number of rotatable bonds is 5. The number of thioether (sulfide) groups is 1. The van der Waals surface area contributed by atoms with Crippen molar-refractivity contribution in [2.75, 3.05) is 11.5 Å². The highest BCUT2D eigenvalue weighted by molar-refractivity contribution is 7.99. The molecule has 0 saturated carbocycles. The molecule has 0 spiro atoms. The summed E-state index contributed by atoms with van der Waals surface area (Å²) >= 11 is 1.78. The first-order valence-corrected chi connectivity index (χ1v) is 5.67. The molecular weight excluding hydrogens is 180 g/mol. The number of pyridine rings is 1. The van der Waals surface area contributed by atoms with Crippen molar-refractivity contribution >= 4 is 17.6 Å². The molecule has 0 aromatic carbocycles. The Balaban J connectivity index is 2.28. The van der Waals surface area contributed by atoms with Crippen LogP contribution in [0.4, 0.5) is 5.82 Å². The zero-order valence-corrected chi connectivity index (χ0v) is 8.81. The molecule has 13 heavy (non-hydrogen) atoms. The van der Waals surface area contributed by atoms with Gasteiger partial charge in [0.2, 0.25) is 0 Å². The minimum atomic E-state index is 0.612. The SMILES string of the molecule is CCCCCSc1cccc(N)n1. The zero-order chi connectivity index (χ0) is 9.52. The summed E-state index contributed by atoms with van der Waals surface area (Å²) in [4.78, 5) is 4.21. The van der Waals surface area contributed by atoms with Crippen molar-refractivity contribution in [3.8, 4) is 0 Å². The Morgan fingerprint density at radius 3 is 2.92 bits per heavy atom. The van der Waals surface area contributed by atoms with Gasteiger partial charge in [-0.15, -0.1) is 11.8 Å². The smallest absolute Gasteiger partial charge is 0.124 e. The fraction of sp³-hybridized carbons (Fsp3) is 0.500. The summed E-state index contributed by atoms with van der Waals surface area (Å²) in [6.07, 6.45) is 3.83. The zero-order valence-electron chi connectivity index (χ0n) is 7.99. The van der Waals surface area contributed by atoms with E-state index in [4.69, 9.17) is 5.73 Å². The normalized spacial score (nSPS) is 10.2.